The standard InChI is InChI=1S/C15H13F3N2O2/c1-20(8-9-3-4-10(16)6-13(9)18)15(21)12-5-11(17)7-19-14(12)22-2/h3-7H,8H2,1-2H3. The molecule has 0 aliphatic carbocycles. The largest absolute Gasteiger partial charge is 0.480 e. The van der Waals surface area contributed by atoms with Crippen LogP contribution in [0.25, 0.3) is 0 Å². The molecule has 0 saturated heterocycles. The van der Waals surface area contributed by atoms with E-state index in [4.69, 9.17) is 4.74 Å². The van der Waals surface area contributed by atoms with Gasteiger partial charge in [-0.15, -0.1) is 0 Å². The fourth-order valence-electron chi connectivity index (χ4n) is 1.93. The Balaban J connectivity index is 2.24. The van der Waals surface area contributed by atoms with Crippen LogP contribution in [0.15, 0.2) is 30.5 Å². The van der Waals surface area contributed by atoms with Crippen molar-refractivity contribution in [3.8, 4) is 5.88 Å². The number of benzene rings is 1. The summed E-state index contributed by atoms with van der Waals surface area (Å²) in [5, 5.41) is 0. The summed E-state index contributed by atoms with van der Waals surface area (Å²) < 4.78 is 44.6. The Morgan fingerprint density at radius 2 is 1.95 bits per heavy atom. The summed E-state index contributed by atoms with van der Waals surface area (Å²) in [6, 6.07) is 4.07. The van der Waals surface area contributed by atoms with E-state index in [1.807, 2.05) is 0 Å². The molecule has 116 valence electrons. The van der Waals surface area contributed by atoms with Crippen LogP contribution >= 0.6 is 0 Å². The number of carbonyl (C=O) groups excluding carboxylic acids is 1. The molecule has 0 spiro atoms. The number of halogens is 3. The third-order valence-corrected chi connectivity index (χ3v) is 3.01. The molecule has 2 rings (SSSR count). The number of hydrogen-bond donors (Lipinski definition) is 0. The summed E-state index contributed by atoms with van der Waals surface area (Å²) in [6.45, 7) is -0.107. The van der Waals surface area contributed by atoms with Gasteiger partial charge >= 0.3 is 0 Å². The first kappa shape index (κ1) is 15.8. The Morgan fingerprint density at radius 1 is 1.23 bits per heavy atom. The molecule has 0 fully saturated rings. The monoisotopic (exact) mass is 310 g/mol. The molecule has 0 atom stereocenters. The maximum Gasteiger partial charge on any atom is 0.259 e. The number of hydrogen-bond acceptors (Lipinski definition) is 3. The van der Waals surface area contributed by atoms with Crippen molar-refractivity contribution < 1.29 is 22.7 Å². The molecule has 22 heavy (non-hydrogen) atoms. The van der Waals surface area contributed by atoms with Crippen molar-refractivity contribution in [1.29, 1.82) is 0 Å². The predicted molar refractivity (Wildman–Crippen MR) is 72.9 cm³/mol. The minimum atomic E-state index is -0.760. The number of amides is 1. The number of nitrogens with zero attached hydrogens (tertiary/aromatic N) is 2. The lowest BCUT2D eigenvalue weighted by molar-refractivity contribution is 0.0779. The van der Waals surface area contributed by atoms with E-state index >= 15 is 0 Å². The molecule has 0 bridgehead atoms. The summed E-state index contributed by atoms with van der Waals surface area (Å²) in [5.41, 5.74) is 0.0631. The first-order chi connectivity index (χ1) is 10.4. The van der Waals surface area contributed by atoms with Crippen molar-refractivity contribution >= 4 is 5.91 Å². The van der Waals surface area contributed by atoms with E-state index in [1.165, 1.54) is 20.2 Å². The quantitative estimate of drug-likeness (QED) is 0.872. The Hall–Kier alpha value is -2.57. The van der Waals surface area contributed by atoms with Gasteiger partial charge < -0.3 is 9.64 Å². The first-order valence-corrected chi connectivity index (χ1v) is 6.31. The average molecular weight is 310 g/mol. The van der Waals surface area contributed by atoms with Crippen molar-refractivity contribution in [2.75, 3.05) is 14.2 Å². The lowest BCUT2D eigenvalue weighted by Gasteiger charge is -2.18. The van der Waals surface area contributed by atoms with E-state index in [0.717, 1.165) is 29.3 Å². The molecule has 1 amide bonds. The van der Waals surface area contributed by atoms with Gasteiger partial charge in [0.05, 0.1) is 13.3 Å². The molecule has 7 heteroatoms. The summed E-state index contributed by atoms with van der Waals surface area (Å²) >= 11 is 0. The fourth-order valence-corrected chi connectivity index (χ4v) is 1.93. The van der Waals surface area contributed by atoms with Crippen LogP contribution in [0.3, 0.4) is 0 Å². The van der Waals surface area contributed by atoms with Crippen LogP contribution in [-0.2, 0) is 6.54 Å². The molecule has 1 heterocycles. The third kappa shape index (κ3) is 3.36. The van der Waals surface area contributed by atoms with Gasteiger partial charge in [-0.2, -0.15) is 0 Å². The van der Waals surface area contributed by atoms with Gasteiger partial charge in [0.1, 0.15) is 23.0 Å². The van der Waals surface area contributed by atoms with E-state index in [-0.39, 0.29) is 23.6 Å². The predicted octanol–water partition coefficient (Wildman–Crippen LogP) is 2.78. The molecule has 1 aromatic carbocycles. The topological polar surface area (TPSA) is 42.4 Å². The van der Waals surface area contributed by atoms with Gasteiger partial charge in [0, 0.05) is 25.2 Å². The summed E-state index contributed by atoms with van der Waals surface area (Å²) in [7, 11) is 2.71. The fraction of sp³-hybridized carbons (Fsp3) is 0.200. The molecule has 0 aliphatic rings. The van der Waals surface area contributed by atoms with Gasteiger partial charge in [-0.05, 0) is 12.1 Å². The van der Waals surface area contributed by atoms with Crippen LogP contribution in [-0.4, -0.2) is 29.9 Å². The van der Waals surface area contributed by atoms with Gasteiger partial charge in [0.15, 0.2) is 0 Å². The Kier molecular flexibility index (Phi) is 4.65. The van der Waals surface area contributed by atoms with Crippen LogP contribution < -0.4 is 4.74 Å². The second kappa shape index (κ2) is 6.46. The average Bonchev–Trinajstić information content (AvgIpc) is 2.49. The highest BCUT2D eigenvalue weighted by Gasteiger charge is 2.20. The van der Waals surface area contributed by atoms with E-state index in [1.54, 1.807) is 0 Å². The Labute approximate surface area is 125 Å². The lowest BCUT2D eigenvalue weighted by Crippen LogP contribution is -2.27. The van der Waals surface area contributed by atoms with Crippen LogP contribution in [0.1, 0.15) is 15.9 Å². The van der Waals surface area contributed by atoms with Crippen molar-refractivity contribution in [1.82, 2.24) is 9.88 Å². The highest BCUT2D eigenvalue weighted by Crippen LogP contribution is 2.19. The minimum absolute atomic E-state index is 0.0298. The van der Waals surface area contributed by atoms with Crippen molar-refractivity contribution in [2.45, 2.75) is 6.54 Å². The SMILES string of the molecule is COc1ncc(F)cc1C(=O)N(C)Cc1ccc(F)cc1F. The number of rotatable bonds is 4. The van der Waals surface area contributed by atoms with Gasteiger partial charge in [-0.3, -0.25) is 4.79 Å². The van der Waals surface area contributed by atoms with Crippen LogP contribution in [0.2, 0.25) is 0 Å². The lowest BCUT2D eigenvalue weighted by atomic mass is 10.1. The zero-order valence-electron chi connectivity index (χ0n) is 11.9. The number of aromatic nitrogens is 1. The molecule has 0 saturated carbocycles. The van der Waals surface area contributed by atoms with E-state index in [2.05, 4.69) is 4.98 Å². The number of pyridine rings is 1. The second-order valence-corrected chi connectivity index (χ2v) is 4.61. The Morgan fingerprint density at radius 3 is 2.59 bits per heavy atom. The number of carbonyl (C=O) groups is 1. The summed E-state index contributed by atoms with van der Waals surface area (Å²) in [6.07, 6.45) is 0.926. The van der Waals surface area contributed by atoms with Gasteiger partial charge in [-0.1, -0.05) is 6.07 Å². The number of methoxy groups -OCH3 is 1. The molecule has 0 N–H and O–H groups in total. The van der Waals surface area contributed by atoms with Crippen molar-refractivity contribution in [2.24, 2.45) is 0 Å². The third-order valence-electron chi connectivity index (χ3n) is 3.01. The molecule has 0 radical (unpaired) electrons. The van der Waals surface area contributed by atoms with E-state index in [0.29, 0.717) is 0 Å². The normalized spacial score (nSPS) is 10.4. The summed E-state index contributed by atoms with van der Waals surface area (Å²) in [4.78, 5) is 17.1. The summed E-state index contributed by atoms with van der Waals surface area (Å²) in [5.74, 6) is -2.77. The van der Waals surface area contributed by atoms with Crippen LogP contribution in [0, 0.1) is 17.5 Å². The van der Waals surface area contributed by atoms with Crippen LogP contribution in [0.4, 0.5) is 13.2 Å². The smallest absolute Gasteiger partial charge is 0.259 e. The van der Waals surface area contributed by atoms with Gasteiger partial charge in [0.25, 0.3) is 5.91 Å². The van der Waals surface area contributed by atoms with Gasteiger partial charge in [-0.25, -0.2) is 18.2 Å². The molecule has 0 aliphatic heterocycles. The molecule has 4 nitrogen and oxygen atoms in total. The second-order valence-electron chi connectivity index (χ2n) is 4.61. The van der Waals surface area contributed by atoms with E-state index < -0.39 is 23.4 Å². The molecule has 2 aromatic rings. The molecular weight excluding hydrogens is 297 g/mol. The number of ether oxygens (including phenoxy) is 1. The minimum Gasteiger partial charge on any atom is -0.480 e. The first-order valence-electron chi connectivity index (χ1n) is 6.31. The van der Waals surface area contributed by atoms with Crippen LogP contribution in [0.5, 0.6) is 5.88 Å². The van der Waals surface area contributed by atoms with Crippen molar-refractivity contribution in [3.05, 3.63) is 59.0 Å². The molecule has 1 aromatic heterocycles. The molecular formula is C15H13F3N2O2. The van der Waals surface area contributed by atoms with Crippen molar-refractivity contribution in [3.63, 3.8) is 0 Å². The van der Waals surface area contributed by atoms with Gasteiger partial charge in [0.2, 0.25) is 5.88 Å². The maximum absolute atomic E-state index is 13.6. The zero-order chi connectivity index (χ0) is 16.3. The highest BCUT2D eigenvalue weighted by atomic mass is 19.1. The maximum atomic E-state index is 13.6. The molecule has 0 unspecified atom stereocenters. The Bertz CT molecular complexity index is 707. The zero-order valence-corrected chi connectivity index (χ0v) is 11.9. The highest BCUT2D eigenvalue weighted by molar-refractivity contribution is 5.96. The van der Waals surface area contributed by atoms with E-state index in [9.17, 15) is 18.0 Å².